The van der Waals surface area contributed by atoms with Crippen molar-refractivity contribution in [2.75, 3.05) is 7.11 Å². The number of hydrogen-bond acceptors (Lipinski definition) is 3. The first-order chi connectivity index (χ1) is 4.63. The van der Waals surface area contributed by atoms with Crippen LogP contribution in [-0.2, 0) is 9.53 Å². The number of hydrogen-bond donors (Lipinski definition) is 1. The second-order valence-electron chi connectivity index (χ2n) is 2.01. The molecule has 0 bridgehead atoms. The molecule has 0 aliphatic heterocycles. The lowest BCUT2D eigenvalue weighted by Gasteiger charge is -2.02. The van der Waals surface area contributed by atoms with Gasteiger partial charge < -0.3 is 10.5 Å². The average molecular weight is 143 g/mol. The van der Waals surface area contributed by atoms with E-state index in [9.17, 15) is 4.79 Å². The minimum atomic E-state index is -0.331. The molecule has 0 aromatic rings. The smallest absolute Gasteiger partial charge is 0.335 e. The summed E-state index contributed by atoms with van der Waals surface area (Å²) in [4.78, 5) is 10.8. The summed E-state index contributed by atoms with van der Waals surface area (Å²) in [7, 11) is 1.35. The van der Waals surface area contributed by atoms with Crippen LogP contribution in [0.2, 0.25) is 0 Å². The van der Waals surface area contributed by atoms with E-state index in [1.165, 1.54) is 7.11 Å². The van der Waals surface area contributed by atoms with Crippen molar-refractivity contribution in [3.8, 4) is 0 Å². The molecule has 2 N–H and O–H groups in total. The Kier molecular flexibility index (Phi) is 3.54. The maximum Gasteiger partial charge on any atom is 0.335 e. The van der Waals surface area contributed by atoms with Crippen molar-refractivity contribution >= 4 is 5.97 Å². The average Bonchev–Trinajstić information content (AvgIpc) is 1.88. The molecule has 0 saturated carbocycles. The predicted octanol–water partition coefficient (Wildman–Crippen LogP) is 0.802. The fourth-order valence-electron chi connectivity index (χ4n) is 0.707. The van der Waals surface area contributed by atoms with E-state index in [1.54, 1.807) is 6.92 Å². The summed E-state index contributed by atoms with van der Waals surface area (Å²) >= 11 is 0. The normalized spacial score (nSPS) is 12.3. The number of nitrogens with two attached hydrogens (primary N) is 1. The number of carbonyl (C=O) groups is 1. The molecule has 0 rings (SSSR count). The third-order valence-corrected chi connectivity index (χ3v) is 1.26. The Morgan fingerprint density at radius 3 is 2.20 bits per heavy atom. The van der Waals surface area contributed by atoms with Crippen LogP contribution in [0.25, 0.3) is 0 Å². The highest BCUT2D eigenvalue weighted by Crippen LogP contribution is 2.05. The van der Waals surface area contributed by atoms with Crippen LogP contribution in [0, 0.1) is 0 Å². The van der Waals surface area contributed by atoms with Gasteiger partial charge in [-0.1, -0.05) is 6.92 Å². The standard InChI is InChI=1S/C7H13NO2/c1-4-6(5(2)8)7(9)10-3/h4,8H2,1-3H3/b6-5+. The second-order valence-corrected chi connectivity index (χ2v) is 2.01. The van der Waals surface area contributed by atoms with Gasteiger partial charge in [0.25, 0.3) is 0 Å². The van der Waals surface area contributed by atoms with Crippen molar-refractivity contribution < 1.29 is 9.53 Å². The van der Waals surface area contributed by atoms with Crippen LogP contribution < -0.4 is 5.73 Å². The van der Waals surface area contributed by atoms with E-state index >= 15 is 0 Å². The summed E-state index contributed by atoms with van der Waals surface area (Å²) in [5, 5.41) is 0. The van der Waals surface area contributed by atoms with E-state index in [0.29, 0.717) is 17.7 Å². The summed E-state index contributed by atoms with van der Waals surface area (Å²) in [6.45, 7) is 3.55. The zero-order valence-electron chi connectivity index (χ0n) is 6.60. The zero-order chi connectivity index (χ0) is 8.15. The summed E-state index contributed by atoms with van der Waals surface area (Å²) in [5.41, 5.74) is 6.50. The lowest BCUT2D eigenvalue weighted by Crippen LogP contribution is -2.09. The largest absolute Gasteiger partial charge is 0.466 e. The third kappa shape index (κ3) is 2.09. The predicted molar refractivity (Wildman–Crippen MR) is 39.2 cm³/mol. The molecule has 3 nitrogen and oxygen atoms in total. The van der Waals surface area contributed by atoms with Crippen molar-refractivity contribution in [2.24, 2.45) is 5.73 Å². The molecule has 0 aliphatic carbocycles. The molecular weight excluding hydrogens is 130 g/mol. The highest BCUT2D eigenvalue weighted by Gasteiger charge is 2.07. The third-order valence-electron chi connectivity index (χ3n) is 1.26. The molecule has 0 aliphatic rings. The minimum absolute atomic E-state index is 0.331. The van der Waals surface area contributed by atoms with Gasteiger partial charge in [-0.2, -0.15) is 0 Å². The Balaban J connectivity index is 4.37. The number of carbonyl (C=O) groups excluding carboxylic acids is 1. The maximum absolute atomic E-state index is 10.8. The second kappa shape index (κ2) is 3.93. The van der Waals surface area contributed by atoms with E-state index in [1.807, 2.05) is 6.92 Å². The van der Waals surface area contributed by atoms with Gasteiger partial charge in [0.1, 0.15) is 0 Å². The van der Waals surface area contributed by atoms with Gasteiger partial charge >= 0.3 is 5.97 Å². The monoisotopic (exact) mass is 143 g/mol. The van der Waals surface area contributed by atoms with Crippen LogP contribution in [0.4, 0.5) is 0 Å². The summed E-state index contributed by atoms with van der Waals surface area (Å²) < 4.78 is 4.49. The van der Waals surface area contributed by atoms with Crippen LogP contribution in [0.5, 0.6) is 0 Å². The number of rotatable bonds is 2. The molecule has 58 valence electrons. The molecule has 10 heavy (non-hydrogen) atoms. The Morgan fingerprint density at radius 1 is 1.60 bits per heavy atom. The molecule has 3 heteroatoms. The van der Waals surface area contributed by atoms with Crippen LogP contribution in [0.1, 0.15) is 20.3 Å². The highest BCUT2D eigenvalue weighted by atomic mass is 16.5. The van der Waals surface area contributed by atoms with Crippen LogP contribution >= 0.6 is 0 Å². The van der Waals surface area contributed by atoms with Gasteiger partial charge in [0.2, 0.25) is 0 Å². The van der Waals surface area contributed by atoms with Gasteiger partial charge in [0.05, 0.1) is 12.7 Å². The van der Waals surface area contributed by atoms with Gasteiger partial charge in [0.15, 0.2) is 0 Å². The van der Waals surface area contributed by atoms with Crippen molar-refractivity contribution in [2.45, 2.75) is 20.3 Å². The number of esters is 1. The molecule has 0 heterocycles. The quantitative estimate of drug-likeness (QED) is 0.459. The molecule has 0 aromatic heterocycles. The topological polar surface area (TPSA) is 52.3 Å². The van der Waals surface area contributed by atoms with E-state index in [4.69, 9.17) is 5.73 Å². The fraction of sp³-hybridized carbons (Fsp3) is 0.571. The Labute approximate surface area is 60.9 Å². The van der Waals surface area contributed by atoms with Crippen LogP contribution in [-0.4, -0.2) is 13.1 Å². The van der Waals surface area contributed by atoms with E-state index in [2.05, 4.69) is 4.74 Å². The van der Waals surface area contributed by atoms with Crippen LogP contribution in [0.15, 0.2) is 11.3 Å². The summed E-state index contributed by atoms with van der Waals surface area (Å²) in [6.07, 6.45) is 0.620. The van der Waals surface area contributed by atoms with E-state index in [0.717, 1.165) is 0 Å². The lowest BCUT2D eigenvalue weighted by molar-refractivity contribution is -0.136. The molecule has 0 radical (unpaired) electrons. The van der Waals surface area contributed by atoms with Gasteiger partial charge in [-0.25, -0.2) is 4.79 Å². The number of ether oxygens (including phenoxy) is 1. The van der Waals surface area contributed by atoms with E-state index < -0.39 is 0 Å². The molecule has 0 saturated heterocycles. The highest BCUT2D eigenvalue weighted by molar-refractivity contribution is 5.88. The molecule has 0 amide bonds. The Bertz CT molecular complexity index is 157. The van der Waals surface area contributed by atoms with Crippen molar-refractivity contribution in [1.29, 1.82) is 0 Å². The van der Waals surface area contributed by atoms with Crippen LogP contribution in [0.3, 0.4) is 0 Å². The molecule has 0 spiro atoms. The Morgan fingerprint density at radius 2 is 2.10 bits per heavy atom. The number of methoxy groups -OCH3 is 1. The summed E-state index contributed by atoms with van der Waals surface area (Å²) in [5.74, 6) is -0.331. The molecule has 0 atom stereocenters. The summed E-state index contributed by atoms with van der Waals surface area (Å²) in [6, 6.07) is 0. The van der Waals surface area contributed by atoms with Gasteiger partial charge in [0, 0.05) is 5.70 Å². The van der Waals surface area contributed by atoms with Gasteiger partial charge in [-0.15, -0.1) is 0 Å². The first-order valence-electron chi connectivity index (χ1n) is 3.17. The van der Waals surface area contributed by atoms with Crippen molar-refractivity contribution in [3.63, 3.8) is 0 Å². The Hall–Kier alpha value is -0.990. The SMILES string of the molecule is CC/C(C(=O)OC)=C(/C)N. The van der Waals surface area contributed by atoms with E-state index in [-0.39, 0.29) is 5.97 Å². The number of allylic oxidation sites excluding steroid dienone is 1. The molecule has 0 aromatic carbocycles. The minimum Gasteiger partial charge on any atom is -0.466 e. The molecule has 0 fully saturated rings. The molecule has 0 unspecified atom stereocenters. The van der Waals surface area contributed by atoms with Crippen molar-refractivity contribution in [3.05, 3.63) is 11.3 Å². The fourth-order valence-corrected chi connectivity index (χ4v) is 0.707. The van der Waals surface area contributed by atoms with Gasteiger partial charge in [-0.3, -0.25) is 0 Å². The first kappa shape index (κ1) is 9.01. The van der Waals surface area contributed by atoms with Gasteiger partial charge in [-0.05, 0) is 13.3 Å². The maximum atomic E-state index is 10.8. The zero-order valence-corrected chi connectivity index (χ0v) is 6.60. The first-order valence-corrected chi connectivity index (χ1v) is 3.17. The molecular formula is C7H13NO2. The van der Waals surface area contributed by atoms with Crippen molar-refractivity contribution in [1.82, 2.24) is 0 Å². The lowest BCUT2D eigenvalue weighted by atomic mass is 10.2.